The van der Waals surface area contributed by atoms with Gasteiger partial charge in [0, 0.05) is 12.1 Å². The highest BCUT2D eigenvalue weighted by atomic mass is 35.5. The number of aromatic nitrogens is 2. The van der Waals surface area contributed by atoms with E-state index in [0.717, 1.165) is 26.1 Å². The highest BCUT2D eigenvalue weighted by Crippen LogP contribution is 2.32. The molecular formula is C29H33Cl2N3O3S. The molecule has 1 fully saturated rings. The van der Waals surface area contributed by atoms with Gasteiger partial charge < -0.3 is 14.4 Å². The number of hydrogen-bond donors (Lipinski definition) is 0. The lowest BCUT2D eigenvalue weighted by molar-refractivity contribution is 0.0487. The molecule has 0 atom stereocenters. The third-order valence-electron chi connectivity index (χ3n) is 6.47. The molecule has 1 saturated heterocycles. The molecule has 4 rings (SSSR count). The Morgan fingerprint density at radius 3 is 2.53 bits per heavy atom. The van der Waals surface area contributed by atoms with Gasteiger partial charge in [0.15, 0.2) is 5.16 Å². The first-order valence-corrected chi connectivity index (χ1v) is 14.9. The van der Waals surface area contributed by atoms with Crippen LogP contribution in [0.2, 0.25) is 10.0 Å². The molecule has 2 aromatic carbocycles. The Hall–Kier alpha value is -2.16. The van der Waals surface area contributed by atoms with Crippen LogP contribution in [0.1, 0.15) is 47.3 Å². The zero-order valence-corrected chi connectivity index (χ0v) is 24.0. The molecule has 2 heterocycles. The van der Waals surface area contributed by atoms with Crippen molar-refractivity contribution in [1.29, 1.82) is 0 Å². The van der Waals surface area contributed by atoms with Crippen LogP contribution in [0.25, 0.3) is 11.3 Å². The molecule has 0 amide bonds. The minimum atomic E-state index is -0.471. The van der Waals surface area contributed by atoms with Crippen molar-refractivity contribution in [2.24, 2.45) is 0 Å². The van der Waals surface area contributed by atoms with Gasteiger partial charge in [-0.15, -0.1) is 0 Å². The van der Waals surface area contributed by atoms with E-state index in [2.05, 4.69) is 27.0 Å². The molecule has 1 aliphatic heterocycles. The van der Waals surface area contributed by atoms with Gasteiger partial charge in [0.2, 0.25) is 0 Å². The number of piperidine rings is 1. The maximum Gasteiger partial charge on any atom is 0.342 e. The Kier molecular flexibility index (Phi) is 11.3. The lowest BCUT2D eigenvalue weighted by Crippen LogP contribution is -2.32. The summed E-state index contributed by atoms with van der Waals surface area (Å²) in [5.41, 5.74) is 3.15. The molecular weight excluding hydrogens is 541 g/mol. The van der Waals surface area contributed by atoms with E-state index >= 15 is 0 Å². The van der Waals surface area contributed by atoms with Gasteiger partial charge in [0.25, 0.3) is 0 Å². The number of likely N-dealkylation sites (tertiary alicyclic amines) is 1. The van der Waals surface area contributed by atoms with Crippen molar-refractivity contribution in [2.75, 3.05) is 39.1 Å². The molecule has 0 unspecified atom stereocenters. The minimum Gasteiger partial charge on any atom is -0.462 e. The summed E-state index contributed by atoms with van der Waals surface area (Å²) in [4.78, 5) is 25.2. The fourth-order valence-electron chi connectivity index (χ4n) is 4.45. The maximum absolute atomic E-state index is 13.5. The molecule has 0 radical (unpaired) electrons. The van der Waals surface area contributed by atoms with Crippen LogP contribution in [-0.2, 0) is 22.5 Å². The predicted octanol–water partition coefficient (Wildman–Crippen LogP) is 6.96. The summed E-state index contributed by atoms with van der Waals surface area (Å²) in [6.45, 7) is 4.11. The van der Waals surface area contributed by atoms with Crippen molar-refractivity contribution in [3.8, 4) is 11.3 Å². The fourth-order valence-corrected chi connectivity index (χ4v) is 5.13. The normalized spacial score (nSPS) is 14.0. The lowest BCUT2D eigenvalue weighted by Gasteiger charge is -2.26. The third kappa shape index (κ3) is 8.17. The average molecular weight is 575 g/mol. The van der Waals surface area contributed by atoms with E-state index in [1.165, 1.54) is 36.6 Å². The first-order valence-electron chi connectivity index (χ1n) is 13.0. The van der Waals surface area contributed by atoms with Crippen molar-refractivity contribution in [2.45, 2.75) is 43.9 Å². The van der Waals surface area contributed by atoms with Crippen LogP contribution in [-0.4, -0.2) is 59.9 Å². The standard InChI is InChI=1S/C29H33Cl2N3O3S/c1-38-29-32-25(20-36-18-16-34-14-6-3-7-15-34)26(27(33-29)22-12-13-23(30)24(31)19-22)28(35)37-17-8-11-21-9-4-2-5-10-21/h2,4-5,9-10,12-13,19H,3,6-8,11,14-18,20H2,1H3. The van der Waals surface area contributed by atoms with Gasteiger partial charge in [-0.2, -0.15) is 0 Å². The van der Waals surface area contributed by atoms with Gasteiger partial charge in [0.05, 0.1) is 41.3 Å². The summed E-state index contributed by atoms with van der Waals surface area (Å²) < 4.78 is 11.8. The molecule has 3 aromatic rings. The van der Waals surface area contributed by atoms with Crippen LogP contribution < -0.4 is 0 Å². The molecule has 0 saturated carbocycles. The second kappa shape index (κ2) is 14.8. The Labute approximate surface area is 239 Å². The molecule has 1 aliphatic rings. The first-order chi connectivity index (χ1) is 18.5. The number of hydrogen-bond acceptors (Lipinski definition) is 7. The zero-order valence-electron chi connectivity index (χ0n) is 21.6. The second-order valence-corrected chi connectivity index (χ2v) is 10.8. The van der Waals surface area contributed by atoms with Crippen LogP contribution in [0.5, 0.6) is 0 Å². The van der Waals surface area contributed by atoms with Crippen molar-refractivity contribution in [3.05, 3.63) is 75.4 Å². The van der Waals surface area contributed by atoms with Gasteiger partial charge in [-0.1, -0.05) is 77.8 Å². The van der Waals surface area contributed by atoms with E-state index in [9.17, 15) is 4.79 Å². The molecule has 9 heteroatoms. The van der Waals surface area contributed by atoms with Gasteiger partial charge in [-0.05, 0) is 62.7 Å². The number of halogens is 2. The molecule has 38 heavy (non-hydrogen) atoms. The van der Waals surface area contributed by atoms with Crippen LogP contribution >= 0.6 is 35.0 Å². The van der Waals surface area contributed by atoms with E-state index in [-0.39, 0.29) is 13.2 Å². The number of benzene rings is 2. The molecule has 0 bridgehead atoms. The monoisotopic (exact) mass is 573 g/mol. The average Bonchev–Trinajstić information content (AvgIpc) is 2.95. The van der Waals surface area contributed by atoms with Crippen molar-refractivity contribution >= 4 is 40.9 Å². The van der Waals surface area contributed by atoms with Gasteiger partial charge >= 0.3 is 5.97 Å². The second-order valence-electron chi connectivity index (χ2n) is 9.19. The summed E-state index contributed by atoms with van der Waals surface area (Å²) in [7, 11) is 0. The highest BCUT2D eigenvalue weighted by Gasteiger charge is 2.24. The number of aryl methyl sites for hydroxylation is 1. The van der Waals surface area contributed by atoms with Crippen molar-refractivity contribution < 1.29 is 14.3 Å². The number of carbonyl (C=O) groups is 1. The fraction of sp³-hybridized carbons (Fsp3) is 0.414. The SMILES string of the molecule is CSc1nc(COCCN2CCCCC2)c(C(=O)OCCCc2ccccc2)c(-c2ccc(Cl)c(Cl)c2)n1. The number of esters is 1. The van der Waals surface area contributed by atoms with Crippen LogP contribution in [0.15, 0.2) is 53.7 Å². The van der Waals surface area contributed by atoms with E-state index in [1.807, 2.05) is 24.5 Å². The van der Waals surface area contributed by atoms with Crippen molar-refractivity contribution in [3.63, 3.8) is 0 Å². The Morgan fingerprint density at radius 2 is 1.79 bits per heavy atom. The van der Waals surface area contributed by atoms with E-state index < -0.39 is 5.97 Å². The number of carbonyl (C=O) groups excluding carboxylic acids is 1. The zero-order chi connectivity index (χ0) is 26.7. The van der Waals surface area contributed by atoms with Crippen LogP contribution in [0.3, 0.4) is 0 Å². The smallest absolute Gasteiger partial charge is 0.342 e. The van der Waals surface area contributed by atoms with Crippen LogP contribution in [0.4, 0.5) is 0 Å². The van der Waals surface area contributed by atoms with E-state index in [0.29, 0.717) is 50.7 Å². The van der Waals surface area contributed by atoms with Gasteiger partial charge in [0.1, 0.15) is 5.56 Å². The largest absolute Gasteiger partial charge is 0.462 e. The summed E-state index contributed by atoms with van der Waals surface area (Å²) in [6.07, 6.45) is 7.19. The highest BCUT2D eigenvalue weighted by molar-refractivity contribution is 7.98. The molecule has 1 aromatic heterocycles. The molecule has 6 nitrogen and oxygen atoms in total. The van der Waals surface area contributed by atoms with Gasteiger partial charge in [-0.3, -0.25) is 0 Å². The number of rotatable bonds is 12. The Morgan fingerprint density at radius 1 is 1.00 bits per heavy atom. The Balaban J connectivity index is 1.53. The quantitative estimate of drug-likeness (QED) is 0.100. The Bertz CT molecular complexity index is 1210. The van der Waals surface area contributed by atoms with E-state index in [1.54, 1.807) is 18.2 Å². The first kappa shape index (κ1) is 28.8. The molecule has 0 spiro atoms. The van der Waals surface area contributed by atoms with Gasteiger partial charge in [-0.25, -0.2) is 14.8 Å². The molecule has 0 N–H and O–H groups in total. The van der Waals surface area contributed by atoms with Crippen LogP contribution in [0, 0.1) is 0 Å². The van der Waals surface area contributed by atoms with E-state index in [4.69, 9.17) is 32.7 Å². The summed E-state index contributed by atoms with van der Waals surface area (Å²) in [6, 6.07) is 15.3. The number of nitrogens with zero attached hydrogens (tertiary/aromatic N) is 3. The topological polar surface area (TPSA) is 64.5 Å². The number of thioether (sulfide) groups is 1. The molecule has 0 aliphatic carbocycles. The predicted molar refractivity (Wildman–Crippen MR) is 154 cm³/mol. The van der Waals surface area contributed by atoms with Crippen molar-refractivity contribution in [1.82, 2.24) is 14.9 Å². The lowest BCUT2D eigenvalue weighted by atomic mass is 10.0. The summed E-state index contributed by atoms with van der Waals surface area (Å²) in [5, 5.41) is 1.36. The minimum absolute atomic E-state index is 0.187. The third-order valence-corrected chi connectivity index (χ3v) is 7.76. The molecule has 202 valence electrons. The summed E-state index contributed by atoms with van der Waals surface area (Å²) >= 11 is 13.9. The number of ether oxygens (including phenoxy) is 2. The maximum atomic E-state index is 13.5. The summed E-state index contributed by atoms with van der Waals surface area (Å²) in [5.74, 6) is -0.471.